The molecule has 2 heterocycles. The van der Waals surface area contributed by atoms with Gasteiger partial charge < -0.3 is 24.4 Å². The highest BCUT2D eigenvalue weighted by Gasteiger charge is 2.32. The van der Waals surface area contributed by atoms with Crippen molar-refractivity contribution in [2.75, 3.05) is 25.2 Å². The van der Waals surface area contributed by atoms with Gasteiger partial charge in [-0.15, -0.1) is 0 Å². The topological polar surface area (TPSA) is 90.0 Å². The van der Waals surface area contributed by atoms with Crippen LogP contribution in [0.25, 0.3) is 0 Å². The number of anilines is 1. The molecule has 0 fully saturated rings. The maximum atomic E-state index is 12.8. The van der Waals surface area contributed by atoms with Gasteiger partial charge in [-0.2, -0.15) is 0 Å². The fourth-order valence-electron chi connectivity index (χ4n) is 2.82. The molecular formula is C23H25N3O5. The number of nitrogens with one attached hydrogen (secondary N) is 1. The van der Waals surface area contributed by atoms with Gasteiger partial charge in [-0.05, 0) is 45.0 Å². The van der Waals surface area contributed by atoms with Crippen molar-refractivity contribution >= 4 is 17.7 Å². The SMILES string of the molecule is CN1C(=O)[C@@H](NC(=O)OC(C)(C)C)COc2ccc(OCC#Cc3cccnc3)cc21. The van der Waals surface area contributed by atoms with Gasteiger partial charge in [0.05, 0.1) is 5.69 Å². The van der Waals surface area contributed by atoms with Crippen molar-refractivity contribution in [1.82, 2.24) is 10.3 Å². The summed E-state index contributed by atoms with van der Waals surface area (Å²) in [5.74, 6) is 6.62. The molecule has 2 aromatic rings. The predicted molar refractivity (Wildman–Crippen MR) is 115 cm³/mol. The number of carbonyl (C=O) groups is 2. The lowest BCUT2D eigenvalue weighted by atomic mass is 10.2. The molecule has 0 unspecified atom stereocenters. The molecule has 0 bridgehead atoms. The highest BCUT2D eigenvalue weighted by Crippen LogP contribution is 2.34. The summed E-state index contributed by atoms with van der Waals surface area (Å²) in [6.07, 6.45) is 2.69. The highest BCUT2D eigenvalue weighted by atomic mass is 16.6. The van der Waals surface area contributed by atoms with E-state index in [0.717, 1.165) is 5.56 Å². The van der Waals surface area contributed by atoms with Gasteiger partial charge in [-0.3, -0.25) is 9.78 Å². The molecular weight excluding hydrogens is 398 g/mol. The number of ether oxygens (including phenoxy) is 3. The molecule has 0 spiro atoms. The van der Waals surface area contributed by atoms with Crippen molar-refractivity contribution in [2.45, 2.75) is 32.4 Å². The van der Waals surface area contributed by atoms with Crippen LogP contribution < -0.4 is 19.7 Å². The van der Waals surface area contributed by atoms with Gasteiger partial charge in [0.1, 0.15) is 36.4 Å². The summed E-state index contributed by atoms with van der Waals surface area (Å²) in [5, 5.41) is 2.57. The molecule has 3 rings (SSSR count). The lowest BCUT2D eigenvalue weighted by Gasteiger charge is -2.23. The minimum atomic E-state index is -0.873. The Hall–Kier alpha value is -3.73. The van der Waals surface area contributed by atoms with Crippen molar-refractivity contribution in [3.05, 3.63) is 48.3 Å². The van der Waals surface area contributed by atoms with E-state index in [1.165, 1.54) is 4.90 Å². The maximum Gasteiger partial charge on any atom is 0.408 e. The van der Waals surface area contributed by atoms with E-state index in [1.807, 2.05) is 12.1 Å². The molecule has 0 saturated carbocycles. The molecule has 1 atom stereocenters. The molecule has 1 aliphatic rings. The normalized spacial score (nSPS) is 15.5. The summed E-state index contributed by atoms with van der Waals surface area (Å²) in [4.78, 5) is 30.4. The van der Waals surface area contributed by atoms with Crippen LogP contribution in [-0.4, -0.2) is 48.9 Å². The molecule has 8 heteroatoms. The average molecular weight is 423 g/mol. The van der Waals surface area contributed by atoms with Crippen LogP contribution in [0.4, 0.5) is 10.5 Å². The number of benzene rings is 1. The van der Waals surface area contributed by atoms with Crippen molar-refractivity contribution in [3.63, 3.8) is 0 Å². The number of rotatable bonds is 3. The first-order chi connectivity index (χ1) is 14.7. The van der Waals surface area contributed by atoms with Crippen LogP contribution in [0.2, 0.25) is 0 Å². The summed E-state index contributed by atoms with van der Waals surface area (Å²) in [7, 11) is 1.62. The third kappa shape index (κ3) is 6.12. The molecule has 162 valence electrons. The zero-order chi connectivity index (χ0) is 22.4. The van der Waals surface area contributed by atoms with Gasteiger partial charge >= 0.3 is 6.09 Å². The lowest BCUT2D eigenvalue weighted by molar-refractivity contribution is -0.120. The fraction of sp³-hybridized carbons (Fsp3) is 0.348. The lowest BCUT2D eigenvalue weighted by Crippen LogP contribution is -2.50. The minimum Gasteiger partial charge on any atom is -0.489 e. The number of hydrogen-bond acceptors (Lipinski definition) is 6. The van der Waals surface area contributed by atoms with Gasteiger partial charge in [0.25, 0.3) is 5.91 Å². The molecule has 8 nitrogen and oxygen atoms in total. The summed E-state index contributed by atoms with van der Waals surface area (Å²) in [5.41, 5.74) is 0.672. The molecule has 0 aliphatic carbocycles. The maximum absolute atomic E-state index is 12.8. The molecule has 1 N–H and O–H groups in total. The number of pyridine rings is 1. The van der Waals surface area contributed by atoms with Crippen molar-refractivity contribution in [3.8, 4) is 23.3 Å². The van der Waals surface area contributed by atoms with Crippen molar-refractivity contribution < 1.29 is 23.8 Å². The number of amides is 2. The Morgan fingerprint density at radius 3 is 2.87 bits per heavy atom. The molecule has 1 aliphatic heterocycles. The first-order valence-electron chi connectivity index (χ1n) is 9.78. The third-order valence-electron chi connectivity index (χ3n) is 4.22. The Labute approximate surface area is 181 Å². The fourth-order valence-corrected chi connectivity index (χ4v) is 2.82. The Kier molecular flexibility index (Phi) is 6.65. The average Bonchev–Trinajstić information content (AvgIpc) is 2.83. The second kappa shape index (κ2) is 9.39. The Bertz CT molecular complexity index is 1010. The van der Waals surface area contributed by atoms with E-state index in [2.05, 4.69) is 22.1 Å². The largest absolute Gasteiger partial charge is 0.489 e. The quantitative estimate of drug-likeness (QED) is 0.764. The monoisotopic (exact) mass is 423 g/mol. The first kappa shape index (κ1) is 22.0. The summed E-state index contributed by atoms with van der Waals surface area (Å²) in [6.45, 7) is 5.43. The van der Waals surface area contributed by atoms with Gasteiger partial charge in [-0.1, -0.05) is 11.8 Å². The van der Waals surface area contributed by atoms with Crippen molar-refractivity contribution in [2.24, 2.45) is 0 Å². The van der Waals surface area contributed by atoms with Crippen LogP contribution >= 0.6 is 0 Å². The number of nitrogens with zero attached hydrogens (tertiary/aromatic N) is 2. The minimum absolute atomic E-state index is 0.00773. The van der Waals surface area contributed by atoms with E-state index >= 15 is 0 Å². The zero-order valence-corrected chi connectivity index (χ0v) is 18.0. The number of fused-ring (bicyclic) bond motifs is 1. The second-order valence-electron chi connectivity index (χ2n) is 7.87. The zero-order valence-electron chi connectivity index (χ0n) is 18.0. The third-order valence-corrected chi connectivity index (χ3v) is 4.22. The number of aromatic nitrogens is 1. The highest BCUT2D eigenvalue weighted by molar-refractivity contribution is 6.00. The predicted octanol–water partition coefficient (Wildman–Crippen LogP) is 2.76. The molecule has 0 saturated heterocycles. The Balaban J connectivity index is 1.65. The van der Waals surface area contributed by atoms with Crippen LogP contribution in [0, 0.1) is 11.8 Å². The number of alkyl carbamates (subject to hydrolysis) is 1. The van der Waals surface area contributed by atoms with Crippen LogP contribution in [0.15, 0.2) is 42.7 Å². The summed E-state index contributed by atoms with van der Waals surface area (Å²) in [6, 6.07) is 7.97. The van der Waals surface area contributed by atoms with Gasteiger partial charge in [-0.25, -0.2) is 4.79 Å². The molecule has 1 aromatic carbocycles. The Morgan fingerprint density at radius 2 is 2.16 bits per heavy atom. The van der Waals surface area contributed by atoms with E-state index in [-0.39, 0.29) is 19.1 Å². The second-order valence-corrected chi connectivity index (χ2v) is 7.87. The van der Waals surface area contributed by atoms with E-state index in [9.17, 15) is 9.59 Å². The molecule has 0 radical (unpaired) electrons. The first-order valence-corrected chi connectivity index (χ1v) is 9.78. The standard InChI is InChI=1S/C23H25N3O5/c1-23(2,3)31-22(28)25-18-15-30-20-10-9-17(13-19(20)26(4)21(18)27)29-12-6-8-16-7-5-11-24-14-16/h5,7,9-11,13-14,18H,12,15H2,1-4H3,(H,25,28)/t18-/m0/s1. The van der Waals surface area contributed by atoms with Crippen LogP contribution in [0.1, 0.15) is 26.3 Å². The number of carbonyl (C=O) groups excluding carboxylic acids is 2. The summed E-state index contributed by atoms with van der Waals surface area (Å²) < 4.78 is 16.7. The molecule has 31 heavy (non-hydrogen) atoms. The van der Waals surface area contributed by atoms with Gasteiger partial charge in [0.2, 0.25) is 0 Å². The summed E-state index contributed by atoms with van der Waals surface area (Å²) >= 11 is 0. The van der Waals surface area contributed by atoms with Crippen LogP contribution in [-0.2, 0) is 9.53 Å². The van der Waals surface area contributed by atoms with Gasteiger partial charge in [0, 0.05) is 31.1 Å². The van der Waals surface area contributed by atoms with Crippen LogP contribution in [0.3, 0.4) is 0 Å². The van der Waals surface area contributed by atoms with E-state index in [4.69, 9.17) is 14.2 Å². The van der Waals surface area contributed by atoms with Crippen LogP contribution in [0.5, 0.6) is 11.5 Å². The molecule has 1 aromatic heterocycles. The smallest absolute Gasteiger partial charge is 0.408 e. The van der Waals surface area contributed by atoms with E-state index < -0.39 is 17.7 Å². The molecule has 2 amide bonds. The van der Waals surface area contributed by atoms with E-state index in [1.54, 1.807) is 58.4 Å². The van der Waals surface area contributed by atoms with Gasteiger partial charge in [0.15, 0.2) is 0 Å². The van der Waals surface area contributed by atoms with Crippen molar-refractivity contribution in [1.29, 1.82) is 0 Å². The number of likely N-dealkylation sites (N-methyl/N-ethyl adjacent to an activating group) is 1. The van der Waals surface area contributed by atoms with E-state index in [0.29, 0.717) is 17.2 Å². The Morgan fingerprint density at radius 1 is 1.35 bits per heavy atom. The number of hydrogen-bond donors (Lipinski definition) is 1.